The number of alkyl halides is 3. The molecular formula is C25H29F3O3. The lowest BCUT2D eigenvalue weighted by Crippen LogP contribution is -2.34. The summed E-state index contributed by atoms with van der Waals surface area (Å²) in [5.74, 6) is -0.458. The first kappa shape index (κ1) is 23.2. The van der Waals surface area contributed by atoms with Crippen LogP contribution >= 0.6 is 0 Å². The van der Waals surface area contributed by atoms with Crippen molar-refractivity contribution in [3.8, 4) is 5.75 Å². The van der Waals surface area contributed by atoms with Gasteiger partial charge in [-0.05, 0) is 64.1 Å². The van der Waals surface area contributed by atoms with Crippen LogP contribution in [-0.4, -0.2) is 25.9 Å². The third kappa shape index (κ3) is 4.89. The van der Waals surface area contributed by atoms with E-state index in [-0.39, 0.29) is 16.6 Å². The second-order valence-corrected chi connectivity index (χ2v) is 9.51. The number of methoxy groups -OCH3 is 1. The van der Waals surface area contributed by atoms with E-state index in [0.29, 0.717) is 17.5 Å². The van der Waals surface area contributed by atoms with E-state index in [1.54, 1.807) is 30.3 Å². The number of rotatable bonds is 6. The summed E-state index contributed by atoms with van der Waals surface area (Å²) in [6.07, 6.45) is -1.70. The number of halogens is 3. The Balaban J connectivity index is 2.08. The highest BCUT2D eigenvalue weighted by Crippen LogP contribution is 2.48. The van der Waals surface area contributed by atoms with Crippen LogP contribution in [0.2, 0.25) is 0 Å². The van der Waals surface area contributed by atoms with E-state index in [0.717, 1.165) is 29.5 Å². The van der Waals surface area contributed by atoms with Crippen LogP contribution in [0.3, 0.4) is 0 Å². The summed E-state index contributed by atoms with van der Waals surface area (Å²) in [6.45, 7) is 6.57. The molecule has 0 heterocycles. The Morgan fingerprint density at radius 1 is 1.00 bits per heavy atom. The van der Waals surface area contributed by atoms with Gasteiger partial charge in [0.15, 0.2) is 6.67 Å². The van der Waals surface area contributed by atoms with Gasteiger partial charge < -0.3 is 9.47 Å². The molecule has 6 heteroatoms. The van der Waals surface area contributed by atoms with E-state index in [1.807, 2.05) is 6.07 Å². The summed E-state index contributed by atoms with van der Waals surface area (Å²) in [4.78, 5) is 11.7. The number of esters is 1. The molecule has 0 fully saturated rings. The van der Waals surface area contributed by atoms with Gasteiger partial charge >= 0.3 is 12.1 Å². The van der Waals surface area contributed by atoms with E-state index in [4.69, 9.17) is 9.47 Å². The van der Waals surface area contributed by atoms with Crippen molar-refractivity contribution in [3.63, 3.8) is 0 Å². The highest BCUT2D eigenvalue weighted by Gasteiger charge is 2.39. The SMILES string of the molecule is COC(=O)c1ccc(Cc2cc3c(cc2OC(F)(F)CF)C(C)(C)CCC3(C)C)cc1. The molecule has 0 spiro atoms. The minimum absolute atomic E-state index is 0.00998. The Morgan fingerprint density at radius 3 is 2.06 bits per heavy atom. The number of carbonyl (C=O) groups excluding carboxylic acids is 1. The minimum Gasteiger partial charge on any atom is -0.465 e. The molecule has 2 aromatic rings. The topological polar surface area (TPSA) is 35.5 Å². The first-order valence-corrected chi connectivity index (χ1v) is 10.4. The predicted molar refractivity (Wildman–Crippen MR) is 114 cm³/mol. The molecular weight excluding hydrogens is 405 g/mol. The zero-order chi connectivity index (χ0) is 23.0. The quantitative estimate of drug-likeness (QED) is 0.497. The largest absolute Gasteiger partial charge is 0.465 e. The van der Waals surface area contributed by atoms with Gasteiger partial charge in [-0.25, -0.2) is 9.18 Å². The molecule has 31 heavy (non-hydrogen) atoms. The summed E-state index contributed by atoms with van der Waals surface area (Å²) in [5.41, 5.74) is 3.51. The Kier molecular flexibility index (Phi) is 6.14. The van der Waals surface area contributed by atoms with Gasteiger partial charge in [0.2, 0.25) is 0 Å². The first-order valence-electron chi connectivity index (χ1n) is 10.4. The van der Waals surface area contributed by atoms with Gasteiger partial charge in [-0.3, -0.25) is 0 Å². The summed E-state index contributed by atoms with van der Waals surface area (Å²) in [5, 5.41) is 0. The van der Waals surface area contributed by atoms with Gasteiger partial charge in [0, 0.05) is 6.42 Å². The monoisotopic (exact) mass is 434 g/mol. The summed E-state index contributed by atoms with van der Waals surface area (Å²) in [7, 11) is 1.31. The molecule has 3 nitrogen and oxygen atoms in total. The molecule has 0 aromatic heterocycles. The van der Waals surface area contributed by atoms with Gasteiger partial charge in [0.05, 0.1) is 12.7 Å². The zero-order valence-electron chi connectivity index (χ0n) is 18.7. The van der Waals surface area contributed by atoms with Crippen LogP contribution in [-0.2, 0) is 22.0 Å². The van der Waals surface area contributed by atoms with Gasteiger partial charge in [-0.1, -0.05) is 45.9 Å². The van der Waals surface area contributed by atoms with E-state index < -0.39 is 18.8 Å². The standard InChI is InChI=1S/C25H29F3O3/c1-23(2)10-11-24(3,4)20-14-21(31-25(27,28)15-26)18(13-19(20)23)12-16-6-8-17(9-7-16)22(29)30-5/h6-9,13-14H,10-12,15H2,1-5H3. The fraction of sp³-hybridized carbons (Fsp3) is 0.480. The Bertz CT molecular complexity index is 963. The van der Waals surface area contributed by atoms with E-state index in [1.165, 1.54) is 7.11 Å². The van der Waals surface area contributed by atoms with Crippen molar-refractivity contribution < 1.29 is 27.4 Å². The molecule has 0 N–H and O–H groups in total. The molecule has 0 bridgehead atoms. The molecule has 0 atom stereocenters. The summed E-state index contributed by atoms with van der Waals surface area (Å²) >= 11 is 0. The molecule has 3 rings (SSSR count). The minimum atomic E-state index is -3.90. The highest BCUT2D eigenvalue weighted by atomic mass is 19.3. The van der Waals surface area contributed by atoms with E-state index >= 15 is 0 Å². The average molecular weight is 434 g/mol. The number of benzene rings is 2. The zero-order valence-corrected chi connectivity index (χ0v) is 18.7. The van der Waals surface area contributed by atoms with Crippen molar-refractivity contribution in [2.45, 2.75) is 63.9 Å². The van der Waals surface area contributed by atoms with Gasteiger partial charge in [0.25, 0.3) is 0 Å². The molecule has 0 amide bonds. The van der Waals surface area contributed by atoms with Crippen LogP contribution in [0.25, 0.3) is 0 Å². The first-order chi connectivity index (χ1) is 14.4. The maximum atomic E-state index is 13.9. The van der Waals surface area contributed by atoms with Crippen LogP contribution in [0, 0.1) is 0 Å². The Labute approximate surface area is 181 Å². The van der Waals surface area contributed by atoms with E-state index in [2.05, 4.69) is 27.7 Å². The molecule has 0 saturated carbocycles. The molecule has 0 saturated heterocycles. The fourth-order valence-electron chi connectivity index (χ4n) is 4.16. The highest BCUT2D eigenvalue weighted by molar-refractivity contribution is 5.89. The van der Waals surface area contributed by atoms with Crippen LogP contribution < -0.4 is 4.74 Å². The third-order valence-corrected chi connectivity index (χ3v) is 6.22. The van der Waals surface area contributed by atoms with Gasteiger partial charge in [-0.15, -0.1) is 0 Å². The second kappa shape index (κ2) is 8.21. The normalized spacial score (nSPS) is 17.0. The fourth-order valence-corrected chi connectivity index (χ4v) is 4.16. The molecule has 0 unspecified atom stereocenters. The van der Waals surface area contributed by atoms with Crippen molar-refractivity contribution in [2.24, 2.45) is 0 Å². The van der Waals surface area contributed by atoms with Crippen LogP contribution in [0.15, 0.2) is 36.4 Å². The lowest BCUT2D eigenvalue weighted by atomic mass is 9.63. The number of ether oxygens (including phenoxy) is 2. The van der Waals surface area contributed by atoms with Crippen LogP contribution in [0.5, 0.6) is 5.75 Å². The molecule has 1 aliphatic rings. The third-order valence-electron chi connectivity index (χ3n) is 6.22. The molecule has 0 radical (unpaired) electrons. The predicted octanol–water partition coefficient (Wildman–Crippen LogP) is 6.35. The van der Waals surface area contributed by atoms with Crippen LogP contribution in [0.4, 0.5) is 13.2 Å². The summed E-state index contributed by atoms with van der Waals surface area (Å²) in [6, 6.07) is 10.3. The average Bonchev–Trinajstić information content (AvgIpc) is 2.72. The second-order valence-electron chi connectivity index (χ2n) is 9.51. The lowest BCUT2D eigenvalue weighted by molar-refractivity contribution is -0.186. The maximum Gasteiger partial charge on any atom is 0.427 e. The Hall–Kier alpha value is -2.50. The molecule has 168 valence electrons. The number of hydrogen-bond acceptors (Lipinski definition) is 3. The van der Waals surface area contributed by atoms with Crippen molar-refractivity contribution in [1.29, 1.82) is 0 Å². The smallest absolute Gasteiger partial charge is 0.427 e. The van der Waals surface area contributed by atoms with Crippen LogP contribution in [0.1, 0.15) is 73.1 Å². The molecule has 0 aliphatic heterocycles. The van der Waals surface area contributed by atoms with Crippen molar-refractivity contribution >= 4 is 5.97 Å². The number of carbonyl (C=O) groups is 1. The summed E-state index contributed by atoms with van der Waals surface area (Å²) < 4.78 is 50.2. The lowest BCUT2D eigenvalue weighted by Gasteiger charge is -2.42. The van der Waals surface area contributed by atoms with Crippen molar-refractivity contribution in [3.05, 3.63) is 64.2 Å². The van der Waals surface area contributed by atoms with Gasteiger partial charge in [-0.2, -0.15) is 8.78 Å². The maximum absolute atomic E-state index is 13.9. The van der Waals surface area contributed by atoms with E-state index in [9.17, 15) is 18.0 Å². The van der Waals surface area contributed by atoms with Crippen molar-refractivity contribution in [1.82, 2.24) is 0 Å². The van der Waals surface area contributed by atoms with Gasteiger partial charge in [0.1, 0.15) is 5.75 Å². The Morgan fingerprint density at radius 2 is 1.55 bits per heavy atom. The number of fused-ring (bicyclic) bond motifs is 1. The molecule has 1 aliphatic carbocycles. The number of hydrogen-bond donors (Lipinski definition) is 0. The van der Waals surface area contributed by atoms with Crippen molar-refractivity contribution in [2.75, 3.05) is 13.8 Å². The molecule has 2 aromatic carbocycles.